The van der Waals surface area contributed by atoms with Crippen molar-refractivity contribution in [1.82, 2.24) is 0 Å². The molecule has 1 fully saturated rings. The van der Waals surface area contributed by atoms with Gasteiger partial charge < -0.3 is 10.5 Å². The predicted molar refractivity (Wildman–Crippen MR) is 62.4 cm³/mol. The van der Waals surface area contributed by atoms with E-state index in [1.54, 1.807) is 7.11 Å². The number of rotatable bonds is 3. The van der Waals surface area contributed by atoms with Crippen molar-refractivity contribution in [2.75, 3.05) is 13.7 Å². The van der Waals surface area contributed by atoms with Crippen LogP contribution in [0.3, 0.4) is 0 Å². The maximum atomic E-state index is 5.68. The Morgan fingerprint density at radius 3 is 2.53 bits per heavy atom. The molecule has 0 radical (unpaired) electrons. The van der Waals surface area contributed by atoms with Crippen molar-refractivity contribution < 1.29 is 4.74 Å². The minimum Gasteiger partial charge on any atom is -0.496 e. The Hall–Kier alpha value is -1.02. The zero-order chi connectivity index (χ0) is 11.0. The van der Waals surface area contributed by atoms with E-state index in [0.717, 1.165) is 12.3 Å². The second kappa shape index (κ2) is 3.86. The quantitative estimate of drug-likeness (QED) is 0.822. The zero-order valence-electron chi connectivity index (χ0n) is 9.71. The summed E-state index contributed by atoms with van der Waals surface area (Å²) >= 11 is 0. The number of hydrogen-bond acceptors (Lipinski definition) is 2. The minimum atomic E-state index is 0.629. The summed E-state index contributed by atoms with van der Waals surface area (Å²) in [4.78, 5) is 0. The summed E-state index contributed by atoms with van der Waals surface area (Å²) < 4.78 is 5.43. The van der Waals surface area contributed by atoms with Gasteiger partial charge in [0.2, 0.25) is 0 Å². The van der Waals surface area contributed by atoms with E-state index in [1.165, 1.54) is 23.1 Å². The van der Waals surface area contributed by atoms with Gasteiger partial charge in [-0.2, -0.15) is 0 Å². The van der Waals surface area contributed by atoms with Crippen molar-refractivity contribution in [2.24, 2.45) is 11.7 Å². The molecule has 1 aliphatic rings. The summed E-state index contributed by atoms with van der Waals surface area (Å²) in [5, 5.41) is 0. The molecule has 1 aliphatic carbocycles. The highest BCUT2D eigenvalue weighted by atomic mass is 16.5. The second-order valence-corrected chi connectivity index (χ2v) is 4.52. The van der Waals surface area contributed by atoms with Crippen LogP contribution in [0.15, 0.2) is 12.1 Å². The molecule has 82 valence electrons. The maximum Gasteiger partial charge on any atom is 0.122 e. The topological polar surface area (TPSA) is 35.2 Å². The molecule has 0 bridgehead atoms. The van der Waals surface area contributed by atoms with E-state index in [9.17, 15) is 0 Å². The van der Waals surface area contributed by atoms with Gasteiger partial charge in [0.15, 0.2) is 0 Å². The van der Waals surface area contributed by atoms with E-state index < -0.39 is 0 Å². The van der Waals surface area contributed by atoms with Crippen LogP contribution < -0.4 is 10.5 Å². The molecule has 0 saturated heterocycles. The minimum absolute atomic E-state index is 0.629. The fourth-order valence-electron chi connectivity index (χ4n) is 2.17. The van der Waals surface area contributed by atoms with Crippen LogP contribution >= 0.6 is 0 Å². The lowest BCUT2D eigenvalue weighted by atomic mass is 10.0. The summed E-state index contributed by atoms with van der Waals surface area (Å²) in [6.45, 7) is 5.06. The van der Waals surface area contributed by atoms with Gasteiger partial charge in [0.25, 0.3) is 0 Å². The first kappa shape index (κ1) is 10.5. The average Bonchev–Trinajstić information content (AvgIpc) is 3.00. The summed E-state index contributed by atoms with van der Waals surface area (Å²) in [5.74, 6) is 2.32. The SMILES string of the molecule is COc1cc(C)c(C)cc1[C@@H]1C[C@H]1CN. The van der Waals surface area contributed by atoms with E-state index in [4.69, 9.17) is 10.5 Å². The van der Waals surface area contributed by atoms with Crippen molar-refractivity contribution in [1.29, 1.82) is 0 Å². The molecule has 1 aromatic carbocycles. The standard InChI is InChI=1S/C13H19NO/c1-8-4-12(11-6-10(11)7-14)13(15-3)5-9(8)2/h4-5,10-11H,6-7,14H2,1-3H3/t10-,11+/m0/s1. The molecule has 2 rings (SSSR count). The highest BCUT2D eigenvalue weighted by Crippen LogP contribution is 2.50. The maximum absolute atomic E-state index is 5.68. The molecule has 2 N–H and O–H groups in total. The van der Waals surface area contributed by atoms with Crippen LogP contribution in [0.4, 0.5) is 0 Å². The van der Waals surface area contributed by atoms with Crippen molar-refractivity contribution in [3.63, 3.8) is 0 Å². The van der Waals surface area contributed by atoms with Crippen molar-refractivity contribution in [3.8, 4) is 5.75 Å². The number of ether oxygens (including phenoxy) is 1. The first-order chi connectivity index (χ1) is 7.17. The third-order valence-electron chi connectivity index (χ3n) is 3.47. The van der Waals surface area contributed by atoms with Gasteiger partial charge in [0, 0.05) is 0 Å². The number of nitrogens with two attached hydrogens (primary N) is 1. The van der Waals surface area contributed by atoms with Crippen LogP contribution in [0.25, 0.3) is 0 Å². The first-order valence-corrected chi connectivity index (χ1v) is 5.52. The molecule has 0 heterocycles. The highest BCUT2D eigenvalue weighted by molar-refractivity contribution is 5.45. The van der Waals surface area contributed by atoms with Crippen LogP contribution in [-0.4, -0.2) is 13.7 Å². The van der Waals surface area contributed by atoms with Gasteiger partial charge in [0.1, 0.15) is 5.75 Å². The third kappa shape index (κ3) is 1.86. The van der Waals surface area contributed by atoms with Gasteiger partial charge >= 0.3 is 0 Å². The largest absolute Gasteiger partial charge is 0.496 e. The summed E-state index contributed by atoms with van der Waals surface area (Å²) in [5.41, 5.74) is 9.66. The molecule has 2 heteroatoms. The Morgan fingerprint density at radius 2 is 2.00 bits per heavy atom. The number of methoxy groups -OCH3 is 1. The Balaban J connectivity index is 2.34. The van der Waals surface area contributed by atoms with Gasteiger partial charge in [-0.25, -0.2) is 0 Å². The zero-order valence-corrected chi connectivity index (χ0v) is 9.71. The van der Waals surface area contributed by atoms with Crippen LogP contribution in [0.5, 0.6) is 5.75 Å². The van der Waals surface area contributed by atoms with E-state index in [0.29, 0.717) is 11.8 Å². The molecule has 0 unspecified atom stereocenters. The monoisotopic (exact) mass is 205 g/mol. The van der Waals surface area contributed by atoms with E-state index >= 15 is 0 Å². The number of aryl methyl sites for hydroxylation is 2. The first-order valence-electron chi connectivity index (χ1n) is 5.52. The lowest BCUT2D eigenvalue weighted by Gasteiger charge is -2.11. The molecule has 1 saturated carbocycles. The fourth-order valence-corrected chi connectivity index (χ4v) is 2.17. The Kier molecular flexibility index (Phi) is 2.70. The molecule has 0 aliphatic heterocycles. The van der Waals surface area contributed by atoms with Gasteiger partial charge in [-0.1, -0.05) is 6.07 Å². The van der Waals surface area contributed by atoms with Crippen LogP contribution in [0.1, 0.15) is 29.0 Å². The molecule has 0 amide bonds. The number of hydrogen-bond donors (Lipinski definition) is 1. The van der Waals surface area contributed by atoms with Gasteiger partial charge in [-0.3, -0.25) is 0 Å². The highest BCUT2D eigenvalue weighted by Gasteiger charge is 2.38. The molecule has 0 spiro atoms. The molecular formula is C13H19NO. The average molecular weight is 205 g/mol. The lowest BCUT2D eigenvalue weighted by molar-refractivity contribution is 0.408. The van der Waals surface area contributed by atoms with E-state index in [2.05, 4.69) is 26.0 Å². The van der Waals surface area contributed by atoms with Crippen molar-refractivity contribution >= 4 is 0 Å². The van der Waals surface area contributed by atoms with E-state index in [1.807, 2.05) is 0 Å². The van der Waals surface area contributed by atoms with Crippen LogP contribution in [0.2, 0.25) is 0 Å². The van der Waals surface area contributed by atoms with E-state index in [-0.39, 0.29) is 0 Å². The number of benzene rings is 1. The Bertz CT molecular complexity index is 373. The summed E-state index contributed by atoms with van der Waals surface area (Å²) in [6.07, 6.45) is 1.22. The summed E-state index contributed by atoms with van der Waals surface area (Å²) in [7, 11) is 1.74. The van der Waals surface area contributed by atoms with Crippen molar-refractivity contribution in [2.45, 2.75) is 26.2 Å². The van der Waals surface area contributed by atoms with Crippen LogP contribution in [0, 0.1) is 19.8 Å². The molecular weight excluding hydrogens is 186 g/mol. The lowest BCUT2D eigenvalue weighted by Crippen LogP contribution is -2.03. The van der Waals surface area contributed by atoms with Crippen molar-refractivity contribution in [3.05, 3.63) is 28.8 Å². The molecule has 1 aromatic rings. The smallest absolute Gasteiger partial charge is 0.122 e. The summed E-state index contributed by atoms with van der Waals surface area (Å²) in [6, 6.07) is 4.39. The normalized spacial score (nSPS) is 24.0. The Morgan fingerprint density at radius 1 is 1.33 bits per heavy atom. The fraction of sp³-hybridized carbons (Fsp3) is 0.538. The van der Waals surface area contributed by atoms with Gasteiger partial charge in [-0.05, 0) is 61.4 Å². The van der Waals surface area contributed by atoms with Gasteiger partial charge in [-0.15, -0.1) is 0 Å². The molecule has 15 heavy (non-hydrogen) atoms. The third-order valence-corrected chi connectivity index (χ3v) is 3.47. The molecule has 2 nitrogen and oxygen atoms in total. The molecule has 2 atom stereocenters. The Labute approximate surface area is 91.4 Å². The molecule has 0 aromatic heterocycles. The second-order valence-electron chi connectivity index (χ2n) is 4.52. The predicted octanol–water partition coefficient (Wildman–Crippen LogP) is 2.37. The van der Waals surface area contributed by atoms with Gasteiger partial charge in [0.05, 0.1) is 7.11 Å². The van der Waals surface area contributed by atoms with Crippen LogP contribution in [-0.2, 0) is 0 Å².